The van der Waals surface area contributed by atoms with Crippen LogP contribution < -0.4 is 0 Å². The van der Waals surface area contributed by atoms with Crippen molar-refractivity contribution in [1.29, 1.82) is 0 Å². The van der Waals surface area contributed by atoms with E-state index >= 15 is 0 Å². The Balaban J connectivity index is 1.61. The van der Waals surface area contributed by atoms with Crippen molar-refractivity contribution in [3.05, 3.63) is 35.4 Å². The van der Waals surface area contributed by atoms with Crippen LogP contribution in [0.4, 0.5) is 0 Å². The zero-order valence-corrected chi connectivity index (χ0v) is 12.2. The van der Waals surface area contributed by atoms with Gasteiger partial charge in [-0.25, -0.2) is 0 Å². The lowest BCUT2D eigenvalue weighted by molar-refractivity contribution is 0.0724. The van der Waals surface area contributed by atoms with Crippen molar-refractivity contribution in [3.63, 3.8) is 0 Å². The molecule has 2 aliphatic heterocycles. The highest BCUT2D eigenvalue weighted by Gasteiger charge is 2.18. The van der Waals surface area contributed by atoms with Gasteiger partial charge in [0.05, 0.1) is 0 Å². The van der Waals surface area contributed by atoms with Crippen LogP contribution in [0.25, 0.3) is 0 Å². The Morgan fingerprint density at radius 2 is 1.45 bits per heavy atom. The lowest BCUT2D eigenvalue weighted by atomic mass is 10.1. The highest BCUT2D eigenvalue weighted by atomic mass is 16.2. The van der Waals surface area contributed by atoms with Gasteiger partial charge in [0.15, 0.2) is 0 Å². The number of piperidine rings is 1. The van der Waals surface area contributed by atoms with Crippen LogP contribution in [0.1, 0.15) is 48.0 Å². The number of benzene rings is 1. The molecule has 3 rings (SSSR count). The summed E-state index contributed by atoms with van der Waals surface area (Å²) in [5.41, 5.74) is 2.17. The van der Waals surface area contributed by atoms with Crippen molar-refractivity contribution in [3.8, 4) is 0 Å². The van der Waals surface area contributed by atoms with Crippen LogP contribution >= 0.6 is 0 Å². The molecule has 0 atom stereocenters. The Bertz CT molecular complexity index is 443. The van der Waals surface area contributed by atoms with E-state index in [1.165, 1.54) is 37.9 Å². The fraction of sp³-hybridized carbons (Fsp3) is 0.588. The van der Waals surface area contributed by atoms with E-state index < -0.39 is 0 Å². The van der Waals surface area contributed by atoms with Gasteiger partial charge in [-0.2, -0.15) is 0 Å². The number of rotatable bonds is 3. The predicted molar refractivity (Wildman–Crippen MR) is 80.7 cm³/mol. The van der Waals surface area contributed by atoms with Crippen molar-refractivity contribution in [2.45, 2.75) is 38.6 Å². The summed E-state index contributed by atoms with van der Waals surface area (Å²) >= 11 is 0. The van der Waals surface area contributed by atoms with Gasteiger partial charge in [0, 0.05) is 25.2 Å². The average molecular weight is 272 g/mol. The van der Waals surface area contributed by atoms with Gasteiger partial charge in [-0.3, -0.25) is 9.69 Å². The summed E-state index contributed by atoms with van der Waals surface area (Å²) in [5, 5.41) is 0. The van der Waals surface area contributed by atoms with Gasteiger partial charge in [0.1, 0.15) is 0 Å². The van der Waals surface area contributed by atoms with E-state index in [1.54, 1.807) is 0 Å². The fourth-order valence-corrected chi connectivity index (χ4v) is 3.23. The van der Waals surface area contributed by atoms with Crippen molar-refractivity contribution in [2.24, 2.45) is 0 Å². The lowest BCUT2D eigenvalue weighted by Crippen LogP contribution is -2.35. The Labute approximate surface area is 121 Å². The monoisotopic (exact) mass is 272 g/mol. The molecule has 0 aliphatic carbocycles. The normalized spacial score (nSPS) is 20.3. The molecule has 0 N–H and O–H groups in total. The molecule has 1 amide bonds. The van der Waals surface area contributed by atoms with Gasteiger partial charge < -0.3 is 4.90 Å². The molecule has 0 bridgehead atoms. The van der Waals surface area contributed by atoms with Crippen molar-refractivity contribution >= 4 is 5.91 Å². The molecule has 0 unspecified atom stereocenters. The van der Waals surface area contributed by atoms with E-state index in [4.69, 9.17) is 0 Å². The molecule has 1 aromatic carbocycles. The smallest absolute Gasteiger partial charge is 0.253 e. The van der Waals surface area contributed by atoms with Crippen LogP contribution in [-0.4, -0.2) is 41.9 Å². The molecule has 108 valence electrons. The maximum absolute atomic E-state index is 12.4. The number of hydrogen-bond donors (Lipinski definition) is 0. The molecule has 2 fully saturated rings. The summed E-state index contributed by atoms with van der Waals surface area (Å²) in [7, 11) is 0. The number of amides is 1. The first kappa shape index (κ1) is 13.6. The molecule has 0 radical (unpaired) electrons. The molecule has 0 spiro atoms. The first-order valence-corrected chi connectivity index (χ1v) is 7.93. The summed E-state index contributed by atoms with van der Waals surface area (Å²) in [6.07, 6.45) is 6.22. The Morgan fingerprint density at radius 3 is 2.10 bits per heavy atom. The molecule has 20 heavy (non-hydrogen) atoms. The highest BCUT2D eigenvalue weighted by Crippen LogP contribution is 2.16. The number of hydrogen-bond acceptors (Lipinski definition) is 2. The summed E-state index contributed by atoms with van der Waals surface area (Å²) in [4.78, 5) is 16.9. The highest BCUT2D eigenvalue weighted by molar-refractivity contribution is 5.94. The predicted octanol–water partition coefficient (Wildman–Crippen LogP) is 2.91. The third kappa shape index (κ3) is 3.21. The van der Waals surface area contributed by atoms with Gasteiger partial charge in [-0.05, 0) is 62.9 Å². The van der Waals surface area contributed by atoms with Crippen molar-refractivity contribution in [1.82, 2.24) is 9.80 Å². The Morgan fingerprint density at radius 1 is 0.850 bits per heavy atom. The number of nitrogens with zero attached hydrogens (tertiary/aromatic N) is 2. The number of carbonyl (C=O) groups excluding carboxylic acids is 1. The van der Waals surface area contributed by atoms with Crippen LogP contribution in [0.5, 0.6) is 0 Å². The maximum atomic E-state index is 12.4. The standard InChI is InChI=1S/C17H24N2O/c20-17(19-12-2-1-3-13-19)16-8-6-15(7-9-16)14-18-10-4-5-11-18/h6-9H,1-5,10-14H2. The molecule has 0 saturated carbocycles. The van der Waals surface area contributed by atoms with Crippen LogP contribution in [0.2, 0.25) is 0 Å². The number of carbonyl (C=O) groups is 1. The van der Waals surface area contributed by atoms with Gasteiger partial charge in [-0.1, -0.05) is 12.1 Å². The molecule has 3 nitrogen and oxygen atoms in total. The molecule has 3 heteroatoms. The van der Waals surface area contributed by atoms with Gasteiger partial charge in [-0.15, -0.1) is 0 Å². The molecular formula is C17H24N2O. The minimum atomic E-state index is 0.206. The zero-order valence-electron chi connectivity index (χ0n) is 12.2. The Hall–Kier alpha value is -1.35. The topological polar surface area (TPSA) is 23.6 Å². The van der Waals surface area contributed by atoms with Crippen LogP contribution in [0.15, 0.2) is 24.3 Å². The van der Waals surface area contributed by atoms with E-state index in [2.05, 4.69) is 17.0 Å². The van der Waals surface area contributed by atoms with Crippen LogP contribution in [0, 0.1) is 0 Å². The first-order valence-electron chi connectivity index (χ1n) is 7.93. The molecule has 1 aromatic rings. The maximum Gasteiger partial charge on any atom is 0.253 e. The summed E-state index contributed by atoms with van der Waals surface area (Å²) in [6.45, 7) is 5.31. The molecular weight excluding hydrogens is 248 g/mol. The minimum Gasteiger partial charge on any atom is -0.339 e. The van der Waals surface area contributed by atoms with E-state index in [0.717, 1.165) is 38.0 Å². The van der Waals surface area contributed by atoms with E-state index in [-0.39, 0.29) is 5.91 Å². The summed E-state index contributed by atoms with van der Waals surface area (Å²) in [5.74, 6) is 0.206. The minimum absolute atomic E-state index is 0.206. The molecule has 2 aliphatic rings. The SMILES string of the molecule is O=C(c1ccc(CN2CCCC2)cc1)N1CCCCC1. The average Bonchev–Trinajstić information content (AvgIpc) is 3.01. The van der Waals surface area contributed by atoms with E-state index in [0.29, 0.717) is 0 Å². The fourth-order valence-electron chi connectivity index (χ4n) is 3.23. The van der Waals surface area contributed by atoms with E-state index in [9.17, 15) is 4.79 Å². The largest absolute Gasteiger partial charge is 0.339 e. The van der Waals surface area contributed by atoms with Gasteiger partial charge in [0.2, 0.25) is 0 Å². The van der Waals surface area contributed by atoms with E-state index in [1.807, 2.05) is 17.0 Å². The third-order valence-electron chi connectivity index (χ3n) is 4.45. The molecule has 2 saturated heterocycles. The van der Waals surface area contributed by atoms with Crippen LogP contribution in [-0.2, 0) is 6.54 Å². The second kappa shape index (κ2) is 6.40. The zero-order chi connectivity index (χ0) is 13.8. The van der Waals surface area contributed by atoms with Crippen LogP contribution in [0.3, 0.4) is 0 Å². The molecule has 0 aromatic heterocycles. The number of likely N-dealkylation sites (tertiary alicyclic amines) is 2. The second-order valence-electron chi connectivity index (χ2n) is 6.03. The third-order valence-corrected chi connectivity index (χ3v) is 4.45. The first-order chi connectivity index (χ1) is 9.83. The van der Waals surface area contributed by atoms with Crippen molar-refractivity contribution < 1.29 is 4.79 Å². The molecule has 2 heterocycles. The van der Waals surface area contributed by atoms with Gasteiger partial charge in [0.25, 0.3) is 5.91 Å². The summed E-state index contributed by atoms with van der Waals surface area (Å²) < 4.78 is 0. The summed E-state index contributed by atoms with van der Waals surface area (Å²) in [6, 6.07) is 8.25. The second-order valence-corrected chi connectivity index (χ2v) is 6.03. The quantitative estimate of drug-likeness (QED) is 0.844. The van der Waals surface area contributed by atoms with Crippen molar-refractivity contribution in [2.75, 3.05) is 26.2 Å². The Kier molecular flexibility index (Phi) is 4.36. The lowest BCUT2D eigenvalue weighted by Gasteiger charge is -2.26. The van der Waals surface area contributed by atoms with Gasteiger partial charge >= 0.3 is 0 Å².